The van der Waals surface area contributed by atoms with E-state index < -0.39 is 161 Å². The van der Waals surface area contributed by atoms with Crippen LogP contribution in [0.4, 0.5) is 123 Å². The first kappa shape index (κ1) is 61.7. The number of hydrogen-bond donors (Lipinski definition) is 0. The summed E-state index contributed by atoms with van der Waals surface area (Å²) < 4.78 is 477. The van der Waals surface area contributed by atoms with Crippen molar-refractivity contribution in [2.24, 2.45) is 0 Å². The van der Waals surface area contributed by atoms with Crippen LogP contribution in [0.25, 0.3) is 0 Å². The molecule has 0 heterocycles. The maximum absolute atomic E-state index is 13.9. The van der Waals surface area contributed by atoms with Crippen LogP contribution in [-0.2, 0) is 57.2 Å². The van der Waals surface area contributed by atoms with E-state index in [1.165, 1.54) is 0 Å². The minimum absolute atomic E-state index is 3.17. The van der Waals surface area contributed by atoms with Crippen LogP contribution in [0.2, 0.25) is 0 Å². The van der Waals surface area contributed by atoms with Gasteiger partial charge in [0, 0.05) is 0 Å². The molecule has 0 aromatic rings. The highest BCUT2D eigenvalue weighted by Gasteiger charge is 2.77. The fourth-order valence-electron chi connectivity index (χ4n) is 3.34. The second-order valence-corrected chi connectivity index (χ2v) is 18.2. The summed E-state index contributed by atoms with van der Waals surface area (Å²) in [4.78, 5) is 0. The number of alkyl halides is 28. The second-order valence-electron chi connectivity index (χ2n) is 11.8. The summed E-state index contributed by atoms with van der Waals surface area (Å²) in [5, 5.41) is 0. The Hall–Kier alpha value is -2.32. The molecule has 386 valence electrons. The predicted octanol–water partition coefficient (Wildman–Crippen LogP) is 6.44. The summed E-state index contributed by atoms with van der Waals surface area (Å²) in [6, 6.07) is 0. The smallest absolute Gasteiger partial charge is 0.267 e. The largest absolute Gasteiger partial charge is 0.459 e. The Bertz CT molecular complexity index is 1920. The average molecular weight is 1110 g/mol. The van der Waals surface area contributed by atoms with Crippen LogP contribution < -0.4 is 0 Å². The Morgan fingerprint density at radius 1 is 0.281 bits per heavy atom. The number of halogens is 28. The van der Waals surface area contributed by atoms with Crippen molar-refractivity contribution in [3.05, 3.63) is 0 Å². The van der Waals surface area contributed by atoms with Crippen molar-refractivity contribution >= 4 is 40.5 Å². The van der Waals surface area contributed by atoms with Crippen LogP contribution in [0.5, 0.6) is 0 Å². The fraction of sp³-hybridized carbons (Fsp3) is 1.00. The van der Waals surface area contributed by atoms with Gasteiger partial charge in [0.05, 0.1) is 13.2 Å². The first-order valence-corrected chi connectivity index (χ1v) is 20.4. The maximum Gasteiger partial charge on any atom is 0.459 e. The van der Waals surface area contributed by atoms with E-state index in [4.69, 9.17) is 0 Å². The third-order valence-electron chi connectivity index (χ3n) is 6.47. The van der Waals surface area contributed by atoms with E-state index in [9.17, 15) is 157 Å². The first-order chi connectivity index (χ1) is 27.2. The lowest BCUT2D eigenvalue weighted by atomic mass is 10.2. The minimum atomic E-state index is -7.66. The van der Waals surface area contributed by atoms with Crippen molar-refractivity contribution in [2.45, 2.75) is 84.3 Å². The number of hydrogen-bond acceptors (Lipinski definition) is 12. The topological polar surface area (TPSA) is 173 Å². The second kappa shape index (κ2) is 18.0. The Kier molecular flexibility index (Phi) is 17.3. The zero-order valence-corrected chi connectivity index (χ0v) is 31.8. The standard InChI is InChI=1S/C20H14F28O12S4/c21-9(22,13(29,30)17(37,38)39)3-61(49,50)57-1-7(59-63(53,54)5-11(25,26)15(33,34)19(43,44)45)8(60-64(55,56)6-12(27,28)16(35,36)20(46,47)48)2-58-62(51,52)4-10(23,24)14(31,32)18(40,41)42/h7-8H,1-6H2. The maximum atomic E-state index is 13.9. The SMILES string of the molecule is O=S(=O)(CC(F)(F)C(F)(F)C(F)(F)F)OCC(OS(=O)(=O)CC(F)(F)C(F)(F)C(F)(F)F)C(COS(=O)(=O)CC(F)(F)C(F)(F)C(F)(F)F)OS(=O)(=O)CC(F)(F)C(F)(F)C(F)(F)F. The lowest BCUT2D eigenvalue weighted by Crippen LogP contribution is -2.56. The molecule has 64 heavy (non-hydrogen) atoms. The van der Waals surface area contributed by atoms with E-state index in [1.54, 1.807) is 0 Å². The summed E-state index contributed by atoms with van der Waals surface area (Å²) in [5.74, 6) is -76.1. The van der Waals surface area contributed by atoms with Crippen molar-refractivity contribution in [3.8, 4) is 0 Å². The van der Waals surface area contributed by atoms with Crippen LogP contribution in [0.3, 0.4) is 0 Å². The highest BCUT2D eigenvalue weighted by molar-refractivity contribution is 7.87. The molecule has 0 radical (unpaired) electrons. The van der Waals surface area contributed by atoms with E-state index in [2.05, 4.69) is 16.7 Å². The van der Waals surface area contributed by atoms with Gasteiger partial charge in [-0.2, -0.15) is 157 Å². The molecule has 0 aromatic carbocycles. The molecule has 0 saturated heterocycles. The van der Waals surface area contributed by atoms with Crippen LogP contribution >= 0.6 is 0 Å². The first-order valence-electron chi connectivity index (χ1n) is 14.1. The van der Waals surface area contributed by atoms with Crippen molar-refractivity contribution in [2.75, 3.05) is 36.2 Å². The third kappa shape index (κ3) is 14.3. The normalized spacial score (nSPS) is 17.1. The van der Waals surface area contributed by atoms with E-state index >= 15 is 0 Å². The Morgan fingerprint density at radius 2 is 0.438 bits per heavy atom. The van der Waals surface area contributed by atoms with Crippen LogP contribution in [0.15, 0.2) is 0 Å². The zero-order valence-electron chi connectivity index (χ0n) is 28.5. The van der Waals surface area contributed by atoms with Gasteiger partial charge in [-0.05, 0) is 0 Å². The van der Waals surface area contributed by atoms with Gasteiger partial charge >= 0.3 is 72.1 Å². The van der Waals surface area contributed by atoms with Gasteiger partial charge in [0.2, 0.25) is 0 Å². The third-order valence-corrected chi connectivity index (χ3v) is 11.4. The summed E-state index contributed by atoms with van der Waals surface area (Å²) >= 11 is 0. The van der Waals surface area contributed by atoms with E-state index in [-0.39, 0.29) is 0 Å². The molecule has 0 spiro atoms. The highest BCUT2D eigenvalue weighted by atomic mass is 32.2. The van der Waals surface area contributed by atoms with Gasteiger partial charge in [-0.1, -0.05) is 0 Å². The molecule has 0 aliphatic heterocycles. The monoisotopic (exact) mass is 1110 g/mol. The molecular weight excluding hydrogens is 1090 g/mol. The molecule has 0 rings (SSSR count). The highest BCUT2D eigenvalue weighted by Crippen LogP contribution is 2.50. The molecule has 0 aliphatic rings. The van der Waals surface area contributed by atoms with Gasteiger partial charge in [0.1, 0.15) is 35.2 Å². The minimum Gasteiger partial charge on any atom is -0.267 e. The van der Waals surface area contributed by atoms with E-state index in [0.29, 0.717) is 0 Å². The summed E-state index contributed by atoms with van der Waals surface area (Å²) in [5.41, 5.74) is 0. The van der Waals surface area contributed by atoms with Gasteiger partial charge in [-0.3, -0.25) is 16.7 Å². The Labute approximate surface area is 334 Å². The lowest BCUT2D eigenvalue weighted by molar-refractivity contribution is -0.349. The number of rotatable bonds is 23. The fourth-order valence-corrected chi connectivity index (χ4v) is 7.94. The molecule has 0 aromatic heterocycles. The summed E-state index contributed by atoms with van der Waals surface area (Å²) in [6.07, 6.45) is -39.5. The van der Waals surface area contributed by atoms with E-state index in [1.807, 2.05) is 0 Å². The molecule has 12 nitrogen and oxygen atoms in total. The lowest BCUT2D eigenvalue weighted by Gasteiger charge is -2.31. The van der Waals surface area contributed by atoms with Crippen molar-refractivity contribution in [1.29, 1.82) is 0 Å². The van der Waals surface area contributed by atoms with Gasteiger partial charge in [-0.25, -0.2) is 0 Å². The average Bonchev–Trinajstić information content (AvgIpc) is 2.96. The van der Waals surface area contributed by atoms with Crippen LogP contribution in [-0.4, -0.2) is 154 Å². The van der Waals surface area contributed by atoms with Gasteiger partial charge in [0.15, 0.2) is 0 Å². The van der Waals surface area contributed by atoms with E-state index in [0.717, 1.165) is 0 Å². The molecule has 0 aliphatic carbocycles. The molecule has 0 N–H and O–H groups in total. The van der Waals surface area contributed by atoms with Crippen LogP contribution in [0.1, 0.15) is 0 Å². The quantitative estimate of drug-likeness (QED) is 0.0811. The molecule has 2 atom stereocenters. The molecule has 0 bridgehead atoms. The van der Waals surface area contributed by atoms with Gasteiger partial charge in [0.25, 0.3) is 40.5 Å². The summed E-state index contributed by atoms with van der Waals surface area (Å²) in [7, 11) is -29.7. The molecule has 2 unspecified atom stereocenters. The van der Waals surface area contributed by atoms with Gasteiger partial charge < -0.3 is 0 Å². The van der Waals surface area contributed by atoms with Gasteiger partial charge in [-0.15, -0.1) is 0 Å². The zero-order chi connectivity index (χ0) is 52.2. The summed E-state index contributed by atoms with van der Waals surface area (Å²) in [6.45, 7) is -6.95. The van der Waals surface area contributed by atoms with Crippen molar-refractivity contribution in [3.63, 3.8) is 0 Å². The molecule has 44 heteroatoms. The Morgan fingerprint density at radius 3 is 0.594 bits per heavy atom. The molecule has 0 saturated carbocycles. The van der Waals surface area contributed by atoms with Crippen molar-refractivity contribution < 1.29 is 173 Å². The van der Waals surface area contributed by atoms with Crippen molar-refractivity contribution in [1.82, 2.24) is 0 Å². The van der Waals surface area contributed by atoms with Crippen LogP contribution in [0, 0.1) is 0 Å². The Balaban J connectivity index is 7.91. The predicted molar refractivity (Wildman–Crippen MR) is 141 cm³/mol. The molecule has 0 fully saturated rings. The molecule has 0 amide bonds. The molecular formula is C20H14F28O12S4.